The molecule has 0 spiro atoms. The molecule has 1 heterocycles. The van der Waals surface area contributed by atoms with Crippen molar-refractivity contribution >= 4 is 22.9 Å². The number of carbonyl (C=O) groups is 1. The Hall–Kier alpha value is -0.870. The Labute approximate surface area is 100 Å². The Morgan fingerprint density at radius 1 is 1.40 bits per heavy atom. The first kappa shape index (κ1) is 12.2. The van der Waals surface area contributed by atoms with Gasteiger partial charge in [-0.2, -0.15) is 0 Å². The molecule has 0 fully saturated rings. The van der Waals surface area contributed by atoms with E-state index in [4.69, 9.17) is 0 Å². The molecule has 2 N–H and O–H groups in total. The minimum atomic E-state index is 0. The number of benzene rings is 1. The van der Waals surface area contributed by atoms with Gasteiger partial charge in [0.25, 0.3) is 0 Å². The Morgan fingerprint density at radius 3 is 2.87 bits per heavy atom. The van der Waals surface area contributed by atoms with Gasteiger partial charge in [0.15, 0.2) is 0 Å². The lowest BCUT2D eigenvalue weighted by Gasteiger charge is -2.03. The number of likely N-dealkylation sites (N-methyl/N-ethyl adjacent to an activating group) is 1. The van der Waals surface area contributed by atoms with Crippen molar-refractivity contribution < 1.29 is 4.79 Å². The summed E-state index contributed by atoms with van der Waals surface area (Å²) in [4.78, 5) is 11.2. The molecule has 0 saturated heterocycles. The predicted molar refractivity (Wildman–Crippen MR) is 65.1 cm³/mol. The van der Waals surface area contributed by atoms with Crippen LogP contribution in [-0.4, -0.2) is 13.0 Å². The average Bonchev–Trinajstić information content (AvgIpc) is 2.64. The molecule has 82 valence electrons. The molecular formula is C11H15BrN2O. The predicted octanol–water partition coefficient (Wildman–Crippen LogP) is 1.16. The Morgan fingerprint density at radius 2 is 2.13 bits per heavy atom. The smallest absolute Gasteiger partial charge is 0.224 e. The summed E-state index contributed by atoms with van der Waals surface area (Å²) in [6.07, 6.45) is 0.476. The van der Waals surface area contributed by atoms with Gasteiger partial charge >= 0.3 is 0 Å². The summed E-state index contributed by atoms with van der Waals surface area (Å²) in [5, 5.41) is 5.91. The fraction of sp³-hybridized carbons (Fsp3) is 0.364. The molecular weight excluding hydrogens is 256 g/mol. The molecule has 2 rings (SSSR count). The third-order valence-electron chi connectivity index (χ3n) is 2.55. The van der Waals surface area contributed by atoms with E-state index in [0.717, 1.165) is 18.7 Å². The van der Waals surface area contributed by atoms with Crippen molar-refractivity contribution in [2.75, 3.05) is 7.05 Å². The Kier molecular flexibility index (Phi) is 4.29. The third-order valence-corrected chi connectivity index (χ3v) is 2.55. The van der Waals surface area contributed by atoms with Crippen LogP contribution in [0.4, 0.5) is 0 Å². The van der Waals surface area contributed by atoms with E-state index in [1.807, 2.05) is 6.07 Å². The number of hydrogen-bond donors (Lipinski definition) is 2. The highest BCUT2D eigenvalue weighted by Gasteiger charge is 2.10. The van der Waals surface area contributed by atoms with Crippen LogP contribution in [0.25, 0.3) is 0 Å². The number of fused-ring (bicyclic) bond motifs is 1. The SMILES string of the molecule is Br.CNC(=O)Cc1ccc2c(c1)CNC2. The van der Waals surface area contributed by atoms with Crippen molar-refractivity contribution in [3.8, 4) is 0 Å². The minimum absolute atomic E-state index is 0. The highest BCUT2D eigenvalue weighted by atomic mass is 79.9. The molecule has 0 radical (unpaired) electrons. The van der Waals surface area contributed by atoms with Crippen LogP contribution in [-0.2, 0) is 24.3 Å². The van der Waals surface area contributed by atoms with Crippen molar-refractivity contribution in [2.24, 2.45) is 0 Å². The molecule has 1 amide bonds. The number of carbonyl (C=O) groups excluding carboxylic acids is 1. The summed E-state index contributed by atoms with van der Waals surface area (Å²) in [6.45, 7) is 1.88. The minimum Gasteiger partial charge on any atom is -0.359 e. The zero-order chi connectivity index (χ0) is 9.97. The largest absolute Gasteiger partial charge is 0.359 e. The molecule has 3 nitrogen and oxygen atoms in total. The highest BCUT2D eigenvalue weighted by Crippen LogP contribution is 2.17. The van der Waals surface area contributed by atoms with Gasteiger partial charge in [0.05, 0.1) is 6.42 Å². The Balaban J connectivity index is 0.00000112. The van der Waals surface area contributed by atoms with Crippen LogP contribution in [0, 0.1) is 0 Å². The molecule has 0 unspecified atom stereocenters. The monoisotopic (exact) mass is 270 g/mol. The molecule has 15 heavy (non-hydrogen) atoms. The van der Waals surface area contributed by atoms with Gasteiger partial charge in [-0.25, -0.2) is 0 Å². The van der Waals surface area contributed by atoms with Crippen LogP contribution in [0.15, 0.2) is 18.2 Å². The molecule has 0 bridgehead atoms. The van der Waals surface area contributed by atoms with Crippen LogP contribution in [0.5, 0.6) is 0 Å². The van der Waals surface area contributed by atoms with Crippen LogP contribution >= 0.6 is 17.0 Å². The van der Waals surface area contributed by atoms with Gasteiger partial charge in [-0.05, 0) is 16.7 Å². The van der Waals surface area contributed by atoms with Gasteiger partial charge in [-0.3, -0.25) is 4.79 Å². The van der Waals surface area contributed by atoms with Crippen LogP contribution < -0.4 is 10.6 Å². The van der Waals surface area contributed by atoms with Crippen molar-refractivity contribution in [1.29, 1.82) is 0 Å². The van der Waals surface area contributed by atoms with E-state index in [-0.39, 0.29) is 22.9 Å². The van der Waals surface area contributed by atoms with E-state index in [2.05, 4.69) is 22.8 Å². The molecule has 4 heteroatoms. The van der Waals surface area contributed by atoms with Gasteiger partial charge in [-0.1, -0.05) is 18.2 Å². The molecule has 0 aromatic heterocycles. The molecule has 0 aliphatic carbocycles. The first-order chi connectivity index (χ1) is 6.79. The van der Waals surface area contributed by atoms with Crippen LogP contribution in [0.3, 0.4) is 0 Å². The maximum Gasteiger partial charge on any atom is 0.224 e. The van der Waals surface area contributed by atoms with Gasteiger partial charge in [0.1, 0.15) is 0 Å². The van der Waals surface area contributed by atoms with Crippen molar-refractivity contribution in [3.63, 3.8) is 0 Å². The summed E-state index contributed by atoms with van der Waals surface area (Å²) < 4.78 is 0. The van der Waals surface area contributed by atoms with Crippen molar-refractivity contribution in [1.82, 2.24) is 10.6 Å². The molecule has 1 aromatic rings. The first-order valence-electron chi connectivity index (χ1n) is 4.81. The second-order valence-corrected chi connectivity index (χ2v) is 3.56. The second-order valence-electron chi connectivity index (χ2n) is 3.56. The molecule has 1 aliphatic heterocycles. The summed E-state index contributed by atoms with van der Waals surface area (Å²) >= 11 is 0. The van der Waals surface area contributed by atoms with E-state index in [1.54, 1.807) is 7.05 Å². The summed E-state index contributed by atoms with van der Waals surface area (Å²) in [5.41, 5.74) is 3.77. The van der Waals surface area contributed by atoms with E-state index in [9.17, 15) is 4.79 Å². The number of amides is 1. The van der Waals surface area contributed by atoms with Gasteiger partial charge < -0.3 is 10.6 Å². The number of halogens is 1. The third kappa shape index (κ3) is 2.79. The van der Waals surface area contributed by atoms with Crippen molar-refractivity contribution in [2.45, 2.75) is 19.5 Å². The van der Waals surface area contributed by atoms with Gasteiger partial charge in [0.2, 0.25) is 5.91 Å². The quantitative estimate of drug-likeness (QED) is 0.847. The van der Waals surface area contributed by atoms with E-state index in [1.165, 1.54) is 11.1 Å². The molecule has 0 atom stereocenters. The lowest BCUT2D eigenvalue weighted by atomic mass is 10.0. The van der Waals surface area contributed by atoms with Gasteiger partial charge in [-0.15, -0.1) is 17.0 Å². The van der Waals surface area contributed by atoms with E-state index >= 15 is 0 Å². The lowest BCUT2D eigenvalue weighted by molar-refractivity contribution is -0.119. The zero-order valence-corrected chi connectivity index (χ0v) is 10.4. The summed E-state index contributed by atoms with van der Waals surface area (Å²) in [7, 11) is 1.66. The normalized spacial score (nSPS) is 12.9. The molecule has 1 aromatic carbocycles. The van der Waals surface area contributed by atoms with Gasteiger partial charge in [0, 0.05) is 20.1 Å². The van der Waals surface area contributed by atoms with Crippen LogP contribution in [0.2, 0.25) is 0 Å². The summed E-state index contributed by atoms with van der Waals surface area (Å²) in [6, 6.07) is 6.25. The Bertz CT molecular complexity index is 366. The topological polar surface area (TPSA) is 41.1 Å². The first-order valence-corrected chi connectivity index (χ1v) is 4.81. The number of nitrogens with one attached hydrogen (secondary N) is 2. The number of hydrogen-bond acceptors (Lipinski definition) is 2. The molecule has 1 aliphatic rings. The van der Waals surface area contributed by atoms with E-state index < -0.39 is 0 Å². The standard InChI is InChI=1S/C11H14N2O.BrH/c1-12-11(14)5-8-2-3-9-6-13-7-10(9)4-8;/h2-4,13H,5-7H2,1H3,(H,12,14);1H. The zero-order valence-electron chi connectivity index (χ0n) is 8.67. The summed E-state index contributed by atoms with van der Waals surface area (Å²) in [5.74, 6) is 0.0657. The fourth-order valence-corrected chi connectivity index (χ4v) is 1.73. The van der Waals surface area contributed by atoms with E-state index in [0.29, 0.717) is 6.42 Å². The lowest BCUT2D eigenvalue weighted by Crippen LogP contribution is -2.19. The maximum atomic E-state index is 11.2. The number of rotatable bonds is 2. The fourth-order valence-electron chi connectivity index (χ4n) is 1.73. The highest BCUT2D eigenvalue weighted by molar-refractivity contribution is 8.93. The maximum absolute atomic E-state index is 11.2. The average molecular weight is 271 g/mol. The second kappa shape index (κ2) is 5.28. The van der Waals surface area contributed by atoms with Crippen molar-refractivity contribution in [3.05, 3.63) is 34.9 Å². The molecule has 0 saturated carbocycles. The van der Waals surface area contributed by atoms with Crippen LogP contribution in [0.1, 0.15) is 16.7 Å².